The van der Waals surface area contributed by atoms with Gasteiger partial charge in [-0.05, 0) is 74.6 Å². The summed E-state index contributed by atoms with van der Waals surface area (Å²) in [7, 11) is 0. The summed E-state index contributed by atoms with van der Waals surface area (Å²) in [4.78, 5) is 14.5. The lowest BCUT2D eigenvalue weighted by molar-refractivity contribution is -0.137. The van der Waals surface area contributed by atoms with Gasteiger partial charge in [-0.15, -0.1) is 0 Å². The number of carbonyl (C=O) groups excluding carboxylic acids is 1. The van der Waals surface area contributed by atoms with E-state index in [1.807, 2.05) is 6.07 Å². The highest BCUT2D eigenvalue weighted by Crippen LogP contribution is 2.43. The number of nitrogens with zero attached hydrogens (tertiary/aromatic N) is 2. The molecule has 7 heteroatoms. The molecule has 160 valence electrons. The first-order valence-corrected chi connectivity index (χ1v) is 9.95. The van der Waals surface area contributed by atoms with E-state index in [1.54, 1.807) is 0 Å². The van der Waals surface area contributed by atoms with Crippen molar-refractivity contribution in [3.05, 3.63) is 64.7 Å². The summed E-state index contributed by atoms with van der Waals surface area (Å²) in [5, 5.41) is 3.93. The molecule has 0 aromatic heterocycles. The van der Waals surface area contributed by atoms with E-state index in [1.165, 1.54) is 29.6 Å². The van der Waals surface area contributed by atoms with Gasteiger partial charge in [0.25, 0.3) is 5.91 Å². The van der Waals surface area contributed by atoms with Crippen LogP contribution in [0.2, 0.25) is 0 Å². The van der Waals surface area contributed by atoms with Crippen LogP contribution in [0.5, 0.6) is 0 Å². The van der Waals surface area contributed by atoms with Crippen molar-refractivity contribution in [2.24, 2.45) is 5.10 Å². The summed E-state index contributed by atoms with van der Waals surface area (Å²) in [6.07, 6.45) is -1.96. The first-order valence-electron chi connectivity index (χ1n) is 9.95. The minimum absolute atomic E-state index is 0.0791. The van der Waals surface area contributed by atoms with Crippen molar-refractivity contribution in [2.75, 3.05) is 11.4 Å². The van der Waals surface area contributed by atoms with Crippen LogP contribution in [-0.2, 0) is 6.18 Å². The number of rotatable bonds is 4. The lowest BCUT2D eigenvalue weighted by atomic mass is 9.79. The SMILES string of the molecule is CCN1c2ccc(/C=N\NC(=O)c3cccc(C(F)(F)F)c3)cc2C(C)CC1(C)C. The smallest absolute Gasteiger partial charge is 0.366 e. The number of nitrogens with one attached hydrogen (secondary N) is 1. The van der Waals surface area contributed by atoms with Crippen molar-refractivity contribution in [1.29, 1.82) is 0 Å². The van der Waals surface area contributed by atoms with Gasteiger partial charge in [0, 0.05) is 23.3 Å². The van der Waals surface area contributed by atoms with E-state index in [-0.39, 0.29) is 11.1 Å². The molecular weight excluding hydrogens is 391 g/mol. The van der Waals surface area contributed by atoms with Crippen molar-refractivity contribution in [3.8, 4) is 0 Å². The Bertz CT molecular complexity index is 966. The Labute approximate surface area is 174 Å². The molecule has 1 aliphatic heterocycles. The number of fused-ring (bicyclic) bond motifs is 1. The summed E-state index contributed by atoms with van der Waals surface area (Å²) >= 11 is 0. The molecule has 3 rings (SSSR count). The molecule has 1 atom stereocenters. The maximum absolute atomic E-state index is 12.8. The molecule has 0 bridgehead atoms. The average Bonchev–Trinajstić information content (AvgIpc) is 2.67. The molecule has 0 saturated heterocycles. The minimum atomic E-state index is -4.50. The lowest BCUT2D eigenvalue weighted by Gasteiger charge is -2.47. The van der Waals surface area contributed by atoms with Crippen molar-refractivity contribution in [1.82, 2.24) is 5.43 Å². The number of benzene rings is 2. The fourth-order valence-electron chi connectivity index (χ4n) is 4.25. The van der Waals surface area contributed by atoms with E-state index in [9.17, 15) is 18.0 Å². The standard InChI is InChI=1S/C23H26F3N3O/c1-5-29-20-10-9-16(11-19(20)15(2)13-22(29,3)4)14-27-28-21(30)17-7-6-8-18(12-17)23(24,25)26/h6-12,14-15H,5,13H2,1-4H3,(H,28,30)/b27-14-. The predicted molar refractivity (Wildman–Crippen MR) is 113 cm³/mol. The van der Waals surface area contributed by atoms with Crippen LogP contribution in [-0.4, -0.2) is 24.2 Å². The maximum Gasteiger partial charge on any atom is 0.416 e. The van der Waals surface area contributed by atoms with Gasteiger partial charge < -0.3 is 4.90 Å². The van der Waals surface area contributed by atoms with Gasteiger partial charge in [-0.2, -0.15) is 18.3 Å². The first-order chi connectivity index (χ1) is 14.0. The number of carbonyl (C=O) groups is 1. The summed E-state index contributed by atoms with van der Waals surface area (Å²) in [5.41, 5.74) is 4.66. The number of amides is 1. The molecule has 0 spiro atoms. The number of hydrogen-bond donors (Lipinski definition) is 1. The Kier molecular flexibility index (Phi) is 5.92. The second kappa shape index (κ2) is 8.13. The molecule has 0 radical (unpaired) electrons. The summed E-state index contributed by atoms with van der Waals surface area (Å²) in [5.74, 6) is -0.312. The van der Waals surface area contributed by atoms with E-state index < -0.39 is 17.6 Å². The molecule has 1 amide bonds. The van der Waals surface area contributed by atoms with Gasteiger partial charge in [0.15, 0.2) is 0 Å². The molecule has 1 aliphatic rings. The number of anilines is 1. The van der Waals surface area contributed by atoms with Gasteiger partial charge in [0.1, 0.15) is 0 Å². The van der Waals surface area contributed by atoms with Crippen LogP contribution in [0.1, 0.15) is 67.1 Å². The third-order valence-electron chi connectivity index (χ3n) is 5.56. The van der Waals surface area contributed by atoms with Crippen molar-refractivity contribution >= 4 is 17.8 Å². The van der Waals surface area contributed by atoms with Crippen LogP contribution in [0, 0.1) is 0 Å². The highest BCUT2D eigenvalue weighted by molar-refractivity contribution is 5.95. The Morgan fingerprint density at radius 3 is 2.67 bits per heavy atom. The third-order valence-corrected chi connectivity index (χ3v) is 5.56. The van der Waals surface area contributed by atoms with Crippen LogP contribution in [0.15, 0.2) is 47.6 Å². The van der Waals surface area contributed by atoms with Gasteiger partial charge in [-0.25, -0.2) is 5.43 Å². The summed E-state index contributed by atoms with van der Waals surface area (Å²) in [6, 6.07) is 10.3. The van der Waals surface area contributed by atoms with Gasteiger partial charge in [0.05, 0.1) is 11.8 Å². The van der Waals surface area contributed by atoms with Crippen LogP contribution in [0.4, 0.5) is 18.9 Å². The van der Waals surface area contributed by atoms with Crippen LogP contribution in [0.25, 0.3) is 0 Å². The van der Waals surface area contributed by atoms with Gasteiger partial charge in [0.2, 0.25) is 0 Å². The van der Waals surface area contributed by atoms with Gasteiger partial charge in [-0.1, -0.05) is 19.1 Å². The zero-order chi connectivity index (χ0) is 22.1. The topological polar surface area (TPSA) is 44.7 Å². The molecule has 1 unspecified atom stereocenters. The highest BCUT2D eigenvalue weighted by Gasteiger charge is 2.35. The zero-order valence-electron chi connectivity index (χ0n) is 17.5. The Balaban J connectivity index is 1.75. The fraction of sp³-hybridized carbons (Fsp3) is 0.391. The van der Waals surface area contributed by atoms with Crippen molar-refractivity contribution < 1.29 is 18.0 Å². The normalized spacial score (nSPS) is 18.4. The van der Waals surface area contributed by atoms with E-state index in [0.29, 0.717) is 5.92 Å². The Morgan fingerprint density at radius 2 is 2.00 bits per heavy atom. The molecule has 1 N–H and O–H groups in total. The van der Waals surface area contributed by atoms with Gasteiger partial charge in [-0.3, -0.25) is 4.79 Å². The summed E-state index contributed by atoms with van der Waals surface area (Å²) < 4.78 is 38.4. The molecular formula is C23H26F3N3O. The maximum atomic E-state index is 12.8. The van der Waals surface area contributed by atoms with E-state index in [2.05, 4.69) is 55.3 Å². The van der Waals surface area contributed by atoms with E-state index in [4.69, 9.17) is 0 Å². The third kappa shape index (κ3) is 4.50. The lowest BCUT2D eigenvalue weighted by Crippen LogP contribution is -2.48. The fourth-order valence-corrected chi connectivity index (χ4v) is 4.25. The van der Waals surface area contributed by atoms with Crippen LogP contribution < -0.4 is 10.3 Å². The molecule has 0 fully saturated rings. The number of hydrogen-bond acceptors (Lipinski definition) is 3. The molecule has 30 heavy (non-hydrogen) atoms. The predicted octanol–water partition coefficient (Wildman–Crippen LogP) is 5.58. The Hall–Kier alpha value is -2.83. The molecule has 2 aromatic carbocycles. The number of halogens is 3. The van der Waals surface area contributed by atoms with E-state index >= 15 is 0 Å². The number of alkyl halides is 3. The minimum Gasteiger partial charge on any atom is -0.366 e. The number of hydrazone groups is 1. The second-order valence-electron chi connectivity index (χ2n) is 8.26. The highest BCUT2D eigenvalue weighted by atomic mass is 19.4. The average molecular weight is 417 g/mol. The second-order valence-corrected chi connectivity index (χ2v) is 8.26. The molecule has 2 aromatic rings. The largest absolute Gasteiger partial charge is 0.416 e. The monoisotopic (exact) mass is 417 g/mol. The Morgan fingerprint density at radius 1 is 1.27 bits per heavy atom. The summed E-state index contributed by atoms with van der Waals surface area (Å²) in [6.45, 7) is 9.74. The molecule has 0 aliphatic carbocycles. The first kappa shape index (κ1) is 21.9. The van der Waals surface area contributed by atoms with Gasteiger partial charge >= 0.3 is 6.18 Å². The van der Waals surface area contributed by atoms with Crippen molar-refractivity contribution in [3.63, 3.8) is 0 Å². The van der Waals surface area contributed by atoms with Crippen molar-refractivity contribution in [2.45, 2.75) is 51.7 Å². The molecule has 0 saturated carbocycles. The van der Waals surface area contributed by atoms with E-state index in [0.717, 1.165) is 30.7 Å². The van der Waals surface area contributed by atoms with Crippen LogP contribution in [0.3, 0.4) is 0 Å². The van der Waals surface area contributed by atoms with Crippen LogP contribution >= 0.6 is 0 Å². The molecule has 1 heterocycles. The quantitative estimate of drug-likeness (QED) is 0.521. The molecule has 4 nitrogen and oxygen atoms in total. The zero-order valence-corrected chi connectivity index (χ0v) is 17.5.